The standard InChI is InChI=1S/C51H63N7O11/c1-29(2)43(52)45(60)54-30(3)44(59)55-32-11-9-31(10-12-32)26-69-49(64)58-37-22-42(40(66-5)20-35(37)47(62)57-28-51(15-16-51)24-38(57)48(58)63)68-18-8-6-7-17-67-41-21-36-34(19-39(41)65-4)46(61)56-27-50(13-14-50)23-33(56)25-53-36/h9-12,19-22,25,29-30,33,38,43,48,63H,6-8,13-18,23-24,26-28,52H2,1-5H3,(H,54,60)(H,55,59)/t30?,33-,38-,43?,48?/m0/s1. The smallest absolute Gasteiger partial charge is 0.416 e. The molecule has 2 aliphatic carbocycles. The summed E-state index contributed by atoms with van der Waals surface area (Å²) in [6.07, 6.45) is 7.41. The van der Waals surface area contributed by atoms with Crippen molar-refractivity contribution in [1.29, 1.82) is 0 Å². The summed E-state index contributed by atoms with van der Waals surface area (Å²) in [6.45, 7) is 6.95. The molecular formula is C51H63N7O11. The van der Waals surface area contributed by atoms with Crippen LogP contribution >= 0.6 is 0 Å². The molecule has 4 heterocycles. The maximum atomic E-state index is 14.3. The van der Waals surface area contributed by atoms with Gasteiger partial charge in [0.15, 0.2) is 29.2 Å². The van der Waals surface area contributed by atoms with Crippen LogP contribution in [0.4, 0.5) is 21.9 Å². The first-order valence-corrected chi connectivity index (χ1v) is 24.1. The number of aliphatic imine (C=N–C) groups is 1. The number of aliphatic hydroxyl groups is 1. The van der Waals surface area contributed by atoms with E-state index in [1.165, 1.54) is 7.11 Å². The number of nitrogens with one attached hydrogen (secondary N) is 2. The number of amides is 5. The van der Waals surface area contributed by atoms with Gasteiger partial charge in [0, 0.05) is 37.1 Å². The lowest BCUT2D eigenvalue weighted by Gasteiger charge is -2.31. The molecule has 5 N–H and O–H groups in total. The van der Waals surface area contributed by atoms with Crippen LogP contribution in [-0.2, 0) is 20.9 Å². The predicted molar refractivity (Wildman–Crippen MR) is 255 cm³/mol. The Hall–Kier alpha value is -6.40. The number of ether oxygens (including phenoxy) is 5. The molecular weight excluding hydrogens is 887 g/mol. The largest absolute Gasteiger partial charge is 0.493 e. The summed E-state index contributed by atoms with van der Waals surface area (Å²) in [5.74, 6) is 0.307. The van der Waals surface area contributed by atoms with Gasteiger partial charge in [-0.2, -0.15) is 0 Å². The van der Waals surface area contributed by atoms with Gasteiger partial charge in [0.1, 0.15) is 12.6 Å². The number of hydrogen-bond acceptors (Lipinski definition) is 13. The third kappa shape index (κ3) is 9.78. The highest BCUT2D eigenvalue weighted by atomic mass is 16.6. The van der Waals surface area contributed by atoms with Gasteiger partial charge in [-0.1, -0.05) is 26.0 Å². The van der Waals surface area contributed by atoms with E-state index in [1.807, 2.05) is 25.0 Å². The molecule has 0 radical (unpaired) electrons. The quantitative estimate of drug-likeness (QED) is 0.116. The van der Waals surface area contributed by atoms with Gasteiger partial charge in [-0.15, -0.1) is 0 Å². The fourth-order valence-corrected chi connectivity index (χ4v) is 9.98. The summed E-state index contributed by atoms with van der Waals surface area (Å²) in [7, 11) is 3.04. The third-order valence-corrected chi connectivity index (χ3v) is 14.7. The number of carbonyl (C=O) groups excluding carboxylic acids is 5. The Balaban J connectivity index is 0.824. The van der Waals surface area contributed by atoms with Gasteiger partial charge < -0.3 is 55.0 Å². The van der Waals surface area contributed by atoms with Crippen molar-refractivity contribution in [3.05, 3.63) is 65.2 Å². The van der Waals surface area contributed by atoms with Crippen molar-refractivity contribution in [2.24, 2.45) is 27.5 Å². The number of rotatable bonds is 17. The molecule has 2 spiro atoms. The molecule has 9 rings (SSSR count). The highest BCUT2D eigenvalue weighted by Crippen LogP contribution is 2.57. The van der Waals surface area contributed by atoms with Crippen LogP contribution in [0.1, 0.15) is 105 Å². The molecule has 5 atom stereocenters. The van der Waals surface area contributed by atoms with Gasteiger partial charge in [-0.25, -0.2) is 9.69 Å². The number of nitrogens with zero attached hydrogens (tertiary/aromatic N) is 4. The van der Waals surface area contributed by atoms with Gasteiger partial charge in [-0.05, 0) is 111 Å². The van der Waals surface area contributed by atoms with Crippen molar-refractivity contribution in [2.75, 3.05) is 50.7 Å². The lowest BCUT2D eigenvalue weighted by molar-refractivity contribution is -0.127. The number of unbranched alkanes of at least 4 members (excludes halogenated alkanes) is 2. The van der Waals surface area contributed by atoms with E-state index in [2.05, 4.69) is 10.6 Å². The molecule has 4 fully saturated rings. The lowest BCUT2D eigenvalue weighted by Crippen LogP contribution is -2.50. The Labute approximate surface area is 401 Å². The van der Waals surface area contributed by atoms with Gasteiger partial charge in [0.25, 0.3) is 11.8 Å². The average molecular weight is 950 g/mol. The Bertz CT molecular complexity index is 2520. The van der Waals surface area contributed by atoms with Crippen molar-refractivity contribution in [3.63, 3.8) is 0 Å². The fraction of sp³-hybridized carbons (Fsp3) is 0.529. The molecule has 18 nitrogen and oxygen atoms in total. The van der Waals surface area contributed by atoms with Crippen LogP contribution in [0, 0.1) is 16.7 Å². The van der Waals surface area contributed by atoms with E-state index in [1.54, 1.807) is 67.5 Å². The Morgan fingerprint density at radius 2 is 1.41 bits per heavy atom. The minimum atomic E-state index is -1.41. The van der Waals surface area contributed by atoms with E-state index < -0.39 is 42.3 Å². The fourth-order valence-electron chi connectivity index (χ4n) is 9.98. The highest BCUT2D eigenvalue weighted by molar-refractivity contribution is 6.06. The second-order valence-electron chi connectivity index (χ2n) is 20.0. The van der Waals surface area contributed by atoms with Gasteiger partial charge in [0.2, 0.25) is 11.8 Å². The molecule has 0 bridgehead atoms. The Kier molecular flexibility index (Phi) is 13.2. The van der Waals surface area contributed by atoms with E-state index in [0.717, 1.165) is 50.0 Å². The summed E-state index contributed by atoms with van der Waals surface area (Å²) in [4.78, 5) is 76.7. The van der Waals surface area contributed by atoms with E-state index in [-0.39, 0.29) is 64.8 Å². The molecule has 18 heteroatoms. The van der Waals surface area contributed by atoms with Crippen LogP contribution in [0.25, 0.3) is 0 Å². The summed E-state index contributed by atoms with van der Waals surface area (Å²) < 4.78 is 29.6. The van der Waals surface area contributed by atoms with Gasteiger partial charge >= 0.3 is 6.09 Å². The zero-order chi connectivity index (χ0) is 48.8. The maximum absolute atomic E-state index is 14.3. The zero-order valence-electron chi connectivity index (χ0n) is 40.0. The topological polar surface area (TPSA) is 224 Å². The van der Waals surface area contributed by atoms with E-state index in [9.17, 15) is 29.1 Å². The van der Waals surface area contributed by atoms with Crippen LogP contribution in [0.3, 0.4) is 0 Å². The van der Waals surface area contributed by atoms with Gasteiger partial charge in [0.05, 0.1) is 68.1 Å². The molecule has 368 valence electrons. The second kappa shape index (κ2) is 19.2. The predicted octanol–water partition coefficient (Wildman–Crippen LogP) is 5.94. The molecule has 6 aliphatic rings. The number of aliphatic hydroxyl groups excluding tert-OH is 1. The number of nitrogens with two attached hydrogens (primary N) is 1. The number of benzene rings is 3. The zero-order valence-corrected chi connectivity index (χ0v) is 40.0. The minimum Gasteiger partial charge on any atom is -0.493 e. The molecule has 2 saturated heterocycles. The summed E-state index contributed by atoms with van der Waals surface area (Å²) in [5.41, 5.74) is 8.58. The van der Waals surface area contributed by atoms with Crippen molar-refractivity contribution in [3.8, 4) is 23.0 Å². The number of fused-ring (bicyclic) bond motifs is 4. The first-order chi connectivity index (χ1) is 33.1. The number of hydrogen-bond donors (Lipinski definition) is 4. The van der Waals surface area contributed by atoms with Crippen LogP contribution in [-0.4, -0.2) is 122 Å². The van der Waals surface area contributed by atoms with Crippen LogP contribution in [0.5, 0.6) is 23.0 Å². The molecule has 2 saturated carbocycles. The normalized spacial score (nSPS) is 21.9. The summed E-state index contributed by atoms with van der Waals surface area (Å²) in [5, 5.41) is 17.4. The first kappa shape index (κ1) is 47.7. The Morgan fingerprint density at radius 3 is 2.04 bits per heavy atom. The molecule has 69 heavy (non-hydrogen) atoms. The molecule has 4 aliphatic heterocycles. The van der Waals surface area contributed by atoms with Crippen LogP contribution in [0.2, 0.25) is 0 Å². The third-order valence-electron chi connectivity index (χ3n) is 14.7. The molecule has 3 aromatic carbocycles. The SMILES string of the molecule is COc1cc2c(cc1OCCCCCOc1cc3c(cc1OC)C(=O)N1CC4(CC4)C[C@H]1C(O)N3C(=O)OCc1ccc(NC(=O)C(C)NC(=O)C(N)C(C)C)cc1)N=C[C@@H]1CC3(CC3)CN1C2=O. The van der Waals surface area contributed by atoms with Crippen molar-refractivity contribution in [2.45, 2.75) is 116 Å². The second-order valence-corrected chi connectivity index (χ2v) is 20.0. The lowest BCUT2D eigenvalue weighted by atomic mass is 10.0. The average Bonchev–Trinajstić information content (AvgIpc) is 4.22. The summed E-state index contributed by atoms with van der Waals surface area (Å²) in [6, 6.07) is 11.1. The molecule has 3 unspecified atom stereocenters. The van der Waals surface area contributed by atoms with Gasteiger partial charge in [-0.3, -0.25) is 24.2 Å². The number of methoxy groups -OCH3 is 2. The molecule has 5 amide bonds. The van der Waals surface area contributed by atoms with E-state index in [4.69, 9.17) is 34.4 Å². The van der Waals surface area contributed by atoms with E-state index >= 15 is 0 Å². The molecule has 3 aromatic rings. The number of carbonyl (C=O) groups is 5. The van der Waals surface area contributed by atoms with Crippen LogP contribution < -0.4 is 40.2 Å². The van der Waals surface area contributed by atoms with Crippen LogP contribution in [0.15, 0.2) is 53.5 Å². The van der Waals surface area contributed by atoms with Crippen molar-refractivity contribution < 1.29 is 52.8 Å². The van der Waals surface area contributed by atoms with Crippen molar-refractivity contribution in [1.82, 2.24) is 15.1 Å². The van der Waals surface area contributed by atoms with E-state index in [0.29, 0.717) is 72.2 Å². The maximum Gasteiger partial charge on any atom is 0.416 e. The monoisotopic (exact) mass is 949 g/mol. The summed E-state index contributed by atoms with van der Waals surface area (Å²) >= 11 is 0. The minimum absolute atomic E-state index is 0.00769. The van der Waals surface area contributed by atoms with Crippen molar-refractivity contribution >= 4 is 53.0 Å². The number of anilines is 2. The Morgan fingerprint density at radius 1 is 0.797 bits per heavy atom. The molecule has 0 aromatic heterocycles. The highest BCUT2D eigenvalue weighted by Gasteiger charge is 2.58. The first-order valence-electron chi connectivity index (χ1n) is 24.1.